The van der Waals surface area contributed by atoms with Gasteiger partial charge < -0.3 is 14.9 Å². The average Bonchev–Trinajstić information content (AvgIpc) is 2.87. The number of H-pyrrole nitrogens is 1. The van der Waals surface area contributed by atoms with Crippen molar-refractivity contribution in [3.05, 3.63) is 39.1 Å². The van der Waals surface area contributed by atoms with E-state index in [0.29, 0.717) is 30.0 Å². The lowest BCUT2D eigenvalue weighted by Crippen LogP contribution is -2.41. The van der Waals surface area contributed by atoms with E-state index in [9.17, 15) is 9.59 Å². The van der Waals surface area contributed by atoms with Gasteiger partial charge in [-0.1, -0.05) is 0 Å². The molecule has 2 aromatic rings. The Kier molecular flexibility index (Phi) is 4.46. The van der Waals surface area contributed by atoms with Gasteiger partial charge in [0.05, 0.1) is 0 Å². The highest BCUT2D eigenvalue weighted by Crippen LogP contribution is 2.14. The molecule has 0 saturated carbocycles. The van der Waals surface area contributed by atoms with E-state index in [2.05, 4.69) is 25.5 Å². The van der Waals surface area contributed by atoms with Crippen LogP contribution in [0.25, 0.3) is 0 Å². The summed E-state index contributed by atoms with van der Waals surface area (Å²) in [5, 5.41) is 11.2. The molecule has 2 aromatic heterocycles. The molecule has 1 amide bonds. The van der Waals surface area contributed by atoms with E-state index in [1.54, 1.807) is 13.8 Å². The van der Waals surface area contributed by atoms with E-state index in [1.807, 2.05) is 11.5 Å². The lowest BCUT2D eigenvalue weighted by molar-refractivity contribution is -0.122. The van der Waals surface area contributed by atoms with Gasteiger partial charge in [0.25, 0.3) is 5.56 Å². The Morgan fingerprint density at radius 2 is 2.12 bits per heavy atom. The number of carbonyl (C=O) groups is 1. The van der Waals surface area contributed by atoms with E-state index in [1.165, 1.54) is 0 Å². The Morgan fingerprint density at radius 1 is 1.33 bits per heavy atom. The van der Waals surface area contributed by atoms with Crippen molar-refractivity contribution in [2.45, 2.75) is 59.0 Å². The maximum absolute atomic E-state index is 12.2. The van der Waals surface area contributed by atoms with Crippen molar-refractivity contribution in [2.24, 2.45) is 0 Å². The molecule has 8 nitrogen and oxygen atoms in total. The van der Waals surface area contributed by atoms with Gasteiger partial charge in [-0.2, -0.15) is 0 Å². The normalized spacial score (nSPS) is 16.7. The number of nitrogens with zero attached hydrogens (tertiary/aromatic N) is 4. The molecule has 0 spiro atoms. The molecule has 128 valence electrons. The van der Waals surface area contributed by atoms with Crippen molar-refractivity contribution in [3.8, 4) is 0 Å². The fraction of sp³-hybridized carbons (Fsp3) is 0.562. The third-order valence-corrected chi connectivity index (χ3v) is 4.44. The molecule has 0 bridgehead atoms. The maximum atomic E-state index is 12.2. The van der Waals surface area contributed by atoms with Crippen LogP contribution in [0.2, 0.25) is 0 Å². The molecular formula is C16H22N6O2. The van der Waals surface area contributed by atoms with Crippen molar-refractivity contribution in [1.29, 1.82) is 0 Å². The number of hydrogen-bond acceptors (Lipinski definition) is 5. The Hall–Kier alpha value is -2.51. The van der Waals surface area contributed by atoms with Gasteiger partial charge in [0, 0.05) is 36.7 Å². The van der Waals surface area contributed by atoms with Crippen LogP contribution in [0.5, 0.6) is 0 Å². The monoisotopic (exact) mass is 330 g/mol. The van der Waals surface area contributed by atoms with E-state index < -0.39 is 0 Å². The molecule has 3 rings (SSSR count). The summed E-state index contributed by atoms with van der Waals surface area (Å²) in [4.78, 5) is 31.1. The number of aromatic amines is 1. The quantitative estimate of drug-likeness (QED) is 0.841. The van der Waals surface area contributed by atoms with Crippen LogP contribution in [-0.4, -0.2) is 36.7 Å². The summed E-state index contributed by atoms with van der Waals surface area (Å²) < 4.78 is 2.05. The molecule has 0 aromatic carbocycles. The van der Waals surface area contributed by atoms with Crippen LogP contribution in [0, 0.1) is 20.8 Å². The summed E-state index contributed by atoms with van der Waals surface area (Å²) in [6.45, 7) is 6.16. The van der Waals surface area contributed by atoms with E-state index >= 15 is 0 Å². The zero-order valence-electron chi connectivity index (χ0n) is 14.2. The van der Waals surface area contributed by atoms with Crippen molar-refractivity contribution >= 4 is 5.91 Å². The SMILES string of the molecule is Cc1nc(C)c(CCC(=O)N[C@@H]2CCc3nnc(C)n3C2)c(=O)[nH]1. The van der Waals surface area contributed by atoms with E-state index in [4.69, 9.17) is 0 Å². The molecular weight excluding hydrogens is 308 g/mol. The van der Waals surface area contributed by atoms with Crippen LogP contribution >= 0.6 is 0 Å². The molecule has 0 saturated heterocycles. The summed E-state index contributed by atoms with van der Waals surface area (Å²) in [7, 11) is 0. The predicted octanol–water partition coefficient (Wildman–Crippen LogP) is 0.350. The van der Waals surface area contributed by atoms with Crippen LogP contribution in [0.1, 0.15) is 41.6 Å². The van der Waals surface area contributed by atoms with Gasteiger partial charge in [0.15, 0.2) is 0 Å². The van der Waals surface area contributed by atoms with Gasteiger partial charge in [0.2, 0.25) is 5.91 Å². The number of nitrogens with one attached hydrogen (secondary N) is 2. The summed E-state index contributed by atoms with van der Waals surface area (Å²) >= 11 is 0. The molecule has 3 heterocycles. The van der Waals surface area contributed by atoms with Crippen molar-refractivity contribution in [2.75, 3.05) is 0 Å². The minimum atomic E-state index is -0.157. The average molecular weight is 330 g/mol. The number of aromatic nitrogens is 5. The van der Waals surface area contributed by atoms with Gasteiger partial charge >= 0.3 is 0 Å². The summed E-state index contributed by atoms with van der Waals surface area (Å²) in [5.74, 6) is 2.39. The van der Waals surface area contributed by atoms with Gasteiger partial charge in [-0.3, -0.25) is 9.59 Å². The van der Waals surface area contributed by atoms with Gasteiger partial charge in [-0.15, -0.1) is 10.2 Å². The second-order valence-electron chi connectivity index (χ2n) is 6.29. The maximum Gasteiger partial charge on any atom is 0.254 e. The first kappa shape index (κ1) is 16.4. The molecule has 0 unspecified atom stereocenters. The highest BCUT2D eigenvalue weighted by Gasteiger charge is 2.22. The number of carbonyl (C=O) groups excluding carboxylic acids is 1. The zero-order chi connectivity index (χ0) is 17.3. The highest BCUT2D eigenvalue weighted by atomic mass is 16.1. The molecule has 1 aliphatic heterocycles. The zero-order valence-corrected chi connectivity index (χ0v) is 14.2. The Balaban J connectivity index is 1.57. The third-order valence-electron chi connectivity index (χ3n) is 4.44. The molecule has 24 heavy (non-hydrogen) atoms. The minimum absolute atomic E-state index is 0.0476. The largest absolute Gasteiger partial charge is 0.352 e. The minimum Gasteiger partial charge on any atom is -0.352 e. The first-order valence-electron chi connectivity index (χ1n) is 8.18. The van der Waals surface area contributed by atoms with Crippen LogP contribution in [0.3, 0.4) is 0 Å². The molecule has 2 N–H and O–H groups in total. The second-order valence-corrected chi connectivity index (χ2v) is 6.29. The van der Waals surface area contributed by atoms with Crippen LogP contribution < -0.4 is 10.9 Å². The molecule has 0 aliphatic carbocycles. The smallest absolute Gasteiger partial charge is 0.254 e. The second kappa shape index (κ2) is 6.54. The molecule has 8 heteroatoms. The predicted molar refractivity (Wildman–Crippen MR) is 87.7 cm³/mol. The van der Waals surface area contributed by atoms with E-state index in [-0.39, 0.29) is 23.9 Å². The molecule has 1 atom stereocenters. The van der Waals surface area contributed by atoms with Crippen LogP contribution in [0.4, 0.5) is 0 Å². The first-order chi connectivity index (χ1) is 11.4. The topological polar surface area (TPSA) is 106 Å². The van der Waals surface area contributed by atoms with Gasteiger partial charge in [-0.25, -0.2) is 4.98 Å². The fourth-order valence-corrected chi connectivity index (χ4v) is 3.16. The third kappa shape index (κ3) is 3.37. The lowest BCUT2D eigenvalue weighted by atomic mass is 10.1. The summed E-state index contributed by atoms with van der Waals surface area (Å²) in [6.07, 6.45) is 2.34. The van der Waals surface area contributed by atoms with Crippen LogP contribution in [0.15, 0.2) is 4.79 Å². The Labute approximate surface area is 139 Å². The molecule has 0 fully saturated rings. The number of amides is 1. The fourth-order valence-electron chi connectivity index (χ4n) is 3.16. The van der Waals surface area contributed by atoms with Gasteiger partial charge in [0.1, 0.15) is 17.5 Å². The Bertz CT molecular complexity index is 822. The summed E-state index contributed by atoms with van der Waals surface area (Å²) in [6, 6.07) is 0.0789. The summed E-state index contributed by atoms with van der Waals surface area (Å²) in [5.41, 5.74) is 1.11. The number of hydrogen-bond donors (Lipinski definition) is 2. The van der Waals surface area contributed by atoms with Crippen molar-refractivity contribution < 1.29 is 4.79 Å². The van der Waals surface area contributed by atoms with E-state index in [0.717, 1.165) is 24.5 Å². The first-order valence-corrected chi connectivity index (χ1v) is 8.18. The highest BCUT2D eigenvalue weighted by molar-refractivity contribution is 5.76. The van der Waals surface area contributed by atoms with Crippen molar-refractivity contribution in [3.63, 3.8) is 0 Å². The standard InChI is InChI=1S/C16H22N6O2/c1-9-13(16(24)18-10(2)17-9)5-7-15(23)19-12-4-6-14-21-20-11(3)22(14)8-12/h12H,4-8H2,1-3H3,(H,19,23)(H,17,18,24)/t12-/m1/s1. The molecule has 0 radical (unpaired) electrons. The number of fused-ring (bicyclic) bond motifs is 1. The molecule has 1 aliphatic rings. The Morgan fingerprint density at radius 3 is 2.88 bits per heavy atom. The van der Waals surface area contributed by atoms with Crippen molar-refractivity contribution in [1.82, 2.24) is 30.0 Å². The number of aryl methyl sites for hydroxylation is 4. The number of rotatable bonds is 4. The lowest BCUT2D eigenvalue weighted by Gasteiger charge is -2.25. The van der Waals surface area contributed by atoms with Crippen LogP contribution in [-0.2, 0) is 24.2 Å². The van der Waals surface area contributed by atoms with Gasteiger partial charge in [-0.05, 0) is 33.6 Å².